The molecule has 1 amide bonds. The molecule has 3 heterocycles. The minimum absolute atomic E-state index is 0.0777. The summed E-state index contributed by atoms with van der Waals surface area (Å²) >= 11 is 1.37. The number of rotatable bonds is 8. The third-order valence-electron chi connectivity index (χ3n) is 4.78. The van der Waals surface area contributed by atoms with Crippen molar-refractivity contribution in [3.05, 3.63) is 42.2 Å². The van der Waals surface area contributed by atoms with Gasteiger partial charge in [-0.1, -0.05) is 31.7 Å². The first-order valence-corrected chi connectivity index (χ1v) is 11.3. The number of nitrogens with zero attached hydrogens (tertiary/aromatic N) is 3. The van der Waals surface area contributed by atoms with Crippen LogP contribution in [0.5, 0.6) is 11.5 Å². The molecule has 2 aromatic heterocycles. The molecule has 0 aliphatic carbocycles. The van der Waals surface area contributed by atoms with Crippen LogP contribution in [-0.2, 0) is 11.3 Å². The largest absolute Gasteiger partial charge is 0.486 e. The Morgan fingerprint density at radius 2 is 1.97 bits per heavy atom. The highest BCUT2D eigenvalue weighted by atomic mass is 32.2. The number of thioether (sulfide) groups is 1. The summed E-state index contributed by atoms with van der Waals surface area (Å²) in [6, 6.07) is 9.27. The summed E-state index contributed by atoms with van der Waals surface area (Å²) in [5.74, 6) is 3.35. The van der Waals surface area contributed by atoms with Crippen molar-refractivity contribution in [1.29, 1.82) is 0 Å². The van der Waals surface area contributed by atoms with E-state index < -0.39 is 0 Å². The van der Waals surface area contributed by atoms with E-state index >= 15 is 0 Å². The first kappa shape index (κ1) is 21.3. The molecule has 1 aromatic carbocycles. The standard InChI is InChI=1S/C22H26N4O4S/c1-14(2)12-26-21(18-5-4-8-28-18)24-25-22(26)31-13-20(27)23-15(3)16-6-7-17-19(11-16)30-10-9-29-17/h4-8,11,14-15H,9-10,12-13H2,1-3H3,(H,23,27). The summed E-state index contributed by atoms with van der Waals surface area (Å²) in [6.45, 7) is 8.03. The molecule has 0 bridgehead atoms. The molecular formula is C22H26N4O4S. The smallest absolute Gasteiger partial charge is 0.230 e. The number of carbonyl (C=O) groups is 1. The Morgan fingerprint density at radius 1 is 1.16 bits per heavy atom. The number of furan rings is 1. The van der Waals surface area contributed by atoms with Gasteiger partial charge in [0.05, 0.1) is 18.1 Å². The normalized spacial score (nSPS) is 13.9. The van der Waals surface area contributed by atoms with Crippen LogP contribution in [0.15, 0.2) is 46.2 Å². The Morgan fingerprint density at radius 3 is 2.71 bits per heavy atom. The number of amides is 1. The molecule has 0 saturated carbocycles. The summed E-state index contributed by atoms with van der Waals surface area (Å²) < 4.78 is 18.7. The lowest BCUT2D eigenvalue weighted by Gasteiger charge is -2.21. The lowest BCUT2D eigenvalue weighted by Crippen LogP contribution is -2.28. The van der Waals surface area contributed by atoms with E-state index in [-0.39, 0.29) is 17.7 Å². The Kier molecular flexibility index (Phi) is 6.50. The van der Waals surface area contributed by atoms with Crippen molar-refractivity contribution in [2.24, 2.45) is 5.92 Å². The number of hydrogen-bond acceptors (Lipinski definition) is 7. The maximum atomic E-state index is 12.6. The monoisotopic (exact) mass is 442 g/mol. The zero-order valence-electron chi connectivity index (χ0n) is 17.8. The molecule has 1 unspecified atom stereocenters. The quantitative estimate of drug-likeness (QED) is 0.529. The SMILES string of the molecule is CC(C)Cn1c(SCC(=O)NC(C)c2ccc3c(c2)OCCO3)nnc1-c1ccco1. The summed E-state index contributed by atoms with van der Waals surface area (Å²) in [4.78, 5) is 12.6. The predicted molar refractivity (Wildman–Crippen MR) is 117 cm³/mol. The summed E-state index contributed by atoms with van der Waals surface area (Å²) in [6.07, 6.45) is 1.61. The average Bonchev–Trinajstić information content (AvgIpc) is 3.41. The van der Waals surface area contributed by atoms with Gasteiger partial charge in [-0.3, -0.25) is 9.36 Å². The number of nitrogens with one attached hydrogen (secondary N) is 1. The maximum absolute atomic E-state index is 12.6. The summed E-state index contributed by atoms with van der Waals surface area (Å²) in [7, 11) is 0. The average molecular weight is 443 g/mol. The van der Waals surface area contributed by atoms with Crippen LogP contribution in [0.4, 0.5) is 0 Å². The minimum atomic E-state index is -0.156. The van der Waals surface area contributed by atoms with E-state index in [0.717, 1.165) is 17.9 Å². The van der Waals surface area contributed by atoms with Gasteiger partial charge in [0, 0.05) is 6.54 Å². The van der Waals surface area contributed by atoms with Gasteiger partial charge in [-0.05, 0) is 42.7 Å². The van der Waals surface area contributed by atoms with E-state index in [9.17, 15) is 4.79 Å². The van der Waals surface area contributed by atoms with Crippen LogP contribution < -0.4 is 14.8 Å². The maximum Gasteiger partial charge on any atom is 0.230 e. The molecule has 4 rings (SSSR count). The first-order chi connectivity index (χ1) is 15.0. The molecule has 0 fully saturated rings. The molecule has 0 saturated heterocycles. The Hall–Kier alpha value is -2.94. The number of carbonyl (C=O) groups excluding carboxylic acids is 1. The van der Waals surface area contributed by atoms with Crippen molar-refractivity contribution in [3.63, 3.8) is 0 Å². The Labute approximate surface area is 185 Å². The minimum Gasteiger partial charge on any atom is -0.486 e. The first-order valence-electron chi connectivity index (χ1n) is 10.3. The van der Waals surface area contributed by atoms with Crippen LogP contribution in [0.2, 0.25) is 0 Å². The molecule has 9 heteroatoms. The number of aromatic nitrogens is 3. The van der Waals surface area contributed by atoms with E-state index in [1.165, 1.54) is 11.8 Å². The number of hydrogen-bond donors (Lipinski definition) is 1. The fourth-order valence-electron chi connectivity index (χ4n) is 3.34. The summed E-state index contributed by atoms with van der Waals surface area (Å²) in [5.41, 5.74) is 0.964. The number of ether oxygens (including phenoxy) is 2. The van der Waals surface area contributed by atoms with Gasteiger partial charge < -0.3 is 19.2 Å². The Bertz CT molecular complexity index is 1030. The second-order valence-corrected chi connectivity index (χ2v) is 8.71. The molecular weight excluding hydrogens is 416 g/mol. The molecule has 3 aromatic rings. The molecule has 1 atom stereocenters. The van der Waals surface area contributed by atoms with Crippen LogP contribution in [0.1, 0.15) is 32.4 Å². The van der Waals surface area contributed by atoms with Crippen molar-refractivity contribution >= 4 is 17.7 Å². The van der Waals surface area contributed by atoms with Crippen molar-refractivity contribution < 1.29 is 18.7 Å². The van der Waals surface area contributed by atoms with Gasteiger partial charge in [0.25, 0.3) is 0 Å². The van der Waals surface area contributed by atoms with Crippen LogP contribution in [-0.4, -0.2) is 39.6 Å². The second-order valence-electron chi connectivity index (χ2n) is 7.77. The molecule has 1 aliphatic rings. The molecule has 1 N–H and O–H groups in total. The molecule has 8 nitrogen and oxygen atoms in total. The van der Waals surface area contributed by atoms with Gasteiger partial charge in [-0.2, -0.15) is 0 Å². The highest BCUT2D eigenvalue weighted by Crippen LogP contribution is 2.32. The lowest BCUT2D eigenvalue weighted by atomic mass is 10.1. The van der Waals surface area contributed by atoms with E-state index in [4.69, 9.17) is 13.9 Å². The van der Waals surface area contributed by atoms with Gasteiger partial charge in [-0.25, -0.2) is 0 Å². The topological polar surface area (TPSA) is 91.4 Å². The zero-order valence-corrected chi connectivity index (χ0v) is 18.6. The highest BCUT2D eigenvalue weighted by molar-refractivity contribution is 7.99. The Balaban J connectivity index is 1.39. The molecule has 0 radical (unpaired) electrons. The third kappa shape index (κ3) is 5.04. The van der Waals surface area contributed by atoms with Crippen LogP contribution in [0, 0.1) is 5.92 Å². The van der Waals surface area contributed by atoms with Gasteiger partial charge in [-0.15, -0.1) is 10.2 Å². The van der Waals surface area contributed by atoms with Crippen molar-refractivity contribution in [2.75, 3.05) is 19.0 Å². The fourth-order valence-corrected chi connectivity index (χ4v) is 4.10. The predicted octanol–water partition coefficient (Wildman–Crippen LogP) is 3.93. The van der Waals surface area contributed by atoms with Gasteiger partial charge >= 0.3 is 0 Å². The molecule has 164 valence electrons. The van der Waals surface area contributed by atoms with Gasteiger partial charge in [0.1, 0.15) is 13.2 Å². The summed E-state index contributed by atoms with van der Waals surface area (Å²) in [5, 5.41) is 12.3. The van der Waals surface area contributed by atoms with Crippen molar-refractivity contribution in [3.8, 4) is 23.1 Å². The lowest BCUT2D eigenvalue weighted by molar-refractivity contribution is -0.119. The number of benzene rings is 1. The van der Waals surface area contributed by atoms with E-state index in [0.29, 0.717) is 41.6 Å². The number of fused-ring (bicyclic) bond motifs is 1. The van der Waals surface area contributed by atoms with Crippen LogP contribution >= 0.6 is 11.8 Å². The molecule has 0 spiro atoms. The molecule has 1 aliphatic heterocycles. The van der Waals surface area contributed by atoms with Crippen molar-refractivity contribution in [1.82, 2.24) is 20.1 Å². The van der Waals surface area contributed by atoms with Crippen molar-refractivity contribution in [2.45, 2.75) is 38.5 Å². The third-order valence-corrected chi connectivity index (χ3v) is 5.75. The van der Waals surface area contributed by atoms with Crippen LogP contribution in [0.25, 0.3) is 11.6 Å². The van der Waals surface area contributed by atoms with E-state index in [1.54, 1.807) is 6.26 Å². The second kappa shape index (κ2) is 9.47. The fraction of sp³-hybridized carbons (Fsp3) is 0.409. The zero-order chi connectivity index (χ0) is 21.8. The molecule has 31 heavy (non-hydrogen) atoms. The van der Waals surface area contributed by atoms with E-state index in [2.05, 4.69) is 29.4 Å². The van der Waals surface area contributed by atoms with E-state index in [1.807, 2.05) is 41.8 Å². The van der Waals surface area contributed by atoms with Crippen LogP contribution in [0.3, 0.4) is 0 Å². The van der Waals surface area contributed by atoms with Gasteiger partial charge in [0.2, 0.25) is 5.91 Å². The van der Waals surface area contributed by atoms with Gasteiger partial charge in [0.15, 0.2) is 28.2 Å². The highest BCUT2D eigenvalue weighted by Gasteiger charge is 2.19.